The molecule has 0 fully saturated rings. The van der Waals surface area contributed by atoms with Crippen LogP contribution in [0.2, 0.25) is 0 Å². The van der Waals surface area contributed by atoms with Crippen LogP contribution in [0.5, 0.6) is 0 Å². The number of aryl methyl sites for hydroxylation is 1. The molecular formula is C12H14O2. The average Bonchev–Trinajstić information content (AvgIpc) is 2.17. The van der Waals surface area contributed by atoms with Gasteiger partial charge in [-0.1, -0.05) is 31.2 Å². The largest absolute Gasteiger partial charge is 0.481 e. The first-order valence-electron chi connectivity index (χ1n) is 5.00. The Hall–Kier alpha value is -1.31. The third kappa shape index (κ3) is 1.41. The third-order valence-electron chi connectivity index (χ3n) is 3.09. The summed E-state index contributed by atoms with van der Waals surface area (Å²) in [4.78, 5) is 11.1. The standard InChI is InChI=1S/C12H14O2/c1-8-6-7-9-4-2-3-5-10(9)11(8)12(13)14/h2-5,8,11H,6-7H2,1H3,(H,13,14)/t8-,11-/m1/s1. The number of rotatable bonds is 1. The van der Waals surface area contributed by atoms with Crippen LogP contribution in [0.15, 0.2) is 24.3 Å². The van der Waals surface area contributed by atoms with Gasteiger partial charge in [0.15, 0.2) is 0 Å². The highest BCUT2D eigenvalue weighted by Crippen LogP contribution is 2.35. The van der Waals surface area contributed by atoms with Crippen LogP contribution < -0.4 is 0 Å². The van der Waals surface area contributed by atoms with E-state index in [1.807, 2.05) is 31.2 Å². The smallest absolute Gasteiger partial charge is 0.311 e. The summed E-state index contributed by atoms with van der Waals surface area (Å²) < 4.78 is 0. The number of hydrogen-bond acceptors (Lipinski definition) is 1. The molecule has 0 saturated carbocycles. The fourth-order valence-electron chi connectivity index (χ4n) is 2.30. The van der Waals surface area contributed by atoms with E-state index in [0.29, 0.717) is 0 Å². The molecule has 0 bridgehead atoms. The highest BCUT2D eigenvalue weighted by molar-refractivity contribution is 5.77. The van der Waals surface area contributed by atoms with Gasteiger partial charge in [0, 0.05) is 0 Å². The van der Waals surface area contributed by atoms with Gasteiger partial charge in [-0.2, -0.15) is 0 Å². The number of aliphatic carboxylic acids is 1. The second-order valence-electron chi connectivity index (χ2n) is 4.03. The van der Waals surface area contributed by atoms with Crippen molar-refractivity contribution in [1.29, 1.82) is 0 Å². The minimum absolute atomic E-state index is 0.252. The van der Waals surface area contributed by atoms with Crippen molar-refractivity contribution in [3.05, 3.63) is 35.4 Å². The van der Waals surface area contributed by atoms with Crippen LogP contribution in [-0.2, 0) is 11.2 Å². The summed E-state index contributed by atoms with van der Waals surface area (Å²) in [6, 6.07) is 7.89. The van der Waals surface area contributed by atoms with Crippen molar-refractivity contribution in [1.82, 2.24) is 0 Å². The summed E-state index contributed by atoms with van der Waals surface area (Å²) in [5, 5.41) is 9.16. The minimum atomic E-state index is -0.690. The summed E-state index contributed by atoms with van der Waals surface area (Å²) in [7, 11) is 0. The SMILES string of the molecule is C[C@@H]1CCc2ccccc2[C@@H]1C(=O)O. The number of carboxylic acid groups (broad SMARTS) is 1. The molecule has 1 aliphatic carbocycles. The predicted octanol–water partition coefficient (Wildman–Crippen LogP) is 2.44. The highest BCUT2D eigenvalue weighted by atomic mass is 16.4. The number of carboxylic acids is 1. The maximum atomic E-state index is 11.1. The Balaban J connectivity index is 2.46. The molecule has 0 heterocycles. The lowest BCUT2D eigenvalue weighted by Gasteiger charge is -2.28. The minimum Gasteiger partial charge on any atom is -0.481 e. The van der Waals surface area contributed by atoms with Gasteiger partial charge in [0.2, 0.25) is 0 Å². The highest BCUT2D eigenvalue weighted by Gasteiger charge is 2.31. The Kier molecular flexibility index (Phi) is 2.28. The lowest BCUT2D eigenvalue weighted by Crippen LogP contribution is -2.25. The Morgan fingerprint density at radius 2 is 2.14 bits per heavy atom. The normalized spacial score (nSPS) is 25.5. The maximum absolute atomic E-state index is 11.1. The first kappa shape index (κ1) is 9.25. The van der Waals surface area contributed by atoms with Gasteiger partial charge < -0.3 is 5.11 Å². The van der Waals surface area contributed by atoms with Crippen LogP contribution in [0, 0.1) is 5.92 Å². The molecule has 2 atom stereocenters. The number of benzene rings is 1. The molecular weight excluding hydrogens is 176 g/mol. The van der Waals surface area contributed by atoms with E-state index >= 15 is 0 Å². The van der Waals surface area contributed by atoms with E-state index in [0.717, 1.165) is 18.4 Å². The molecule has 74 valence electrons. The quantitative estimate of drug-likeness (QED) is 0.738. The molecule has 2 heteroatoms. The van der Waals surface area contributed by atoms with Gasteiger partial charge in [-0.05, 0) is 29.9 Å². The molecule has 1 aromatic rings. The van der Waals surface area contributed by atoms with Crippen LogP contribution >= 0.6 is 0 Å². The summed E-state index contributed by atoms with van der Waals surface area (Å²) in [6.45, 7) is 2.02. The molecule has 2 nitrogen and oxygen atoms in total. The molecule has 0 amide bonds. The van der Waals surface area contributed by atoms with E-state index in [-0.39, 0.29) is 11.8 Å². The number of carbonyl (C=O) groups is 1. The van der Waals surface area contributed by atoms with Gasteiger partial charge in [-0.25, -0.2) is 0 Å². The van der Waals surface area contributed by atoms with Crippen molar-refractivity contribution in [3.63, 3.8) is 0 Å². The van der Waals surface area contributed by atoms with Crippen LogP contribution in [0.4, 0.5) is 0 Å². The van der Waals surface area contributed by atoms with Crippen LogP contribution in [0.3, 0.4) is 0 Å². The summed E-state index contributed by atoms with van der Waals surface area (Å²) in [5.41, 5.74) is 2.22. The van der Waals surface area contributed by atoms with Gasteiger partial charge in [0.1, 0.15) is 0 Å². The molecule has 0 aromatic heterocycles. The maximum Gasteiger partial charge on any atom is 0.311 e. The zero-order valence-corrected chi connectivity index (χ0v) is 8.23. The van der Waals surface area contributed by atoms with E-state index in [1.165, 1.54) is 5.56 Å². The zero-order chi connectivity index (χ0) is 10.1. The second kappa shape index (κ2) is 3.45. The molecule has 2 rings (SSSR count). The average molecular weight is 190 g/mol. The molecule has 0 radical (unpaired) electrons. The Morgan fingerprint density at radius 3 is 2.86 bits per heavy atom. The van der Waals surface area contributed by atoms with Crippen molar-refractivity contribution in [2.45, 2.75) is 25.7 Å². The topological polar surface area (TPSA) is 37.3 Å². The van der Waals surface area contributed by atoms with E-state index in [9.17, 15) is 4.79 Å². The lowest BCUT2D eigenvalue weighted by molar-refractivity contribution is -0.140. The van der Waals surface area contributed by atoms with Crippen molar-refractivity contribution in [3.8, 4) is 0 Å². The van der Waals surface area contributed by atoms with Gasteiger partial charge in [0.25, 0.3) is 0 Å². The van der Waals surface area contributed by atoms with Gasteiger partial charge in [0.05, 0.1) is 5.92 Å². The van der Waals surface area contributed by atoms with Crippen molar-refractivity contribution >= 4 is 5.97 Å². The molecule has 0 spiro atoms. The van der Waals surface area contributed by atoms with E-state index in [1.54, 1.807) is 0 Å². The molecule has 1 aliphatic rings. The molecule has 1 aromatic carbocycles. The Morgan fingerprint density at radius 1 is 1.43 bits per heavy atom. The Bertz CT molecular complexity index is 357. The fraction of sp³-hybridized carbons (Fsp3) is 0.417. The monoisotopic (exact) mass is 190 g/mol. The first-order valence-corrected chi connectivity index (χ1v) is 5.00. The predicted molar refractivity (Wildman–Crippen MR) is 54.3 cm³/mol. The zero-order valence-electron chi connectivity index (χ0n) is 8.23. The van der Waals surface area contributed by atoms with Crippen molar-refractivity contribution in [2.24, 2.45) is 5.92 Å². The molecule has 1 N–H and O–H groups in total. The lowest BCUT2D eigenvalue weighted by atomic mass is 9.76. The van der Waals surface area contributed by atoms with Crippen molar-refractivity contribution < 1.29 is 9.90 Å². The molecule has 0 aliphatic heterocycles. The van der Waals surface area contributed by atoms with Crippen molar-refractivity contribution in [2.75, 3.05) is 0 Å². The number of hydrogen-bond donors (Lipinski definition) is 1. The van der Waals surface area contributed by atoms with Gasteiger partial charge in [-0.3, -0.25) is 4.79 Å². The summed E-state index contributed by atoms with van der Waals surface area (Å²) >= 11 is 0. The van der Waals surface area contributed by atoms with Crippen LogP contribution in [0.25, 0.3) is 0 Å². The van der Waals surface area contributed by atoms with Gasteiger partial charge >= 0.3 is 5.97 Å². The summed E-state index contributed by atoms with van der Waals surface area (Å²) in [5.74, 6) is -0.744. The van der Waals surface area contributed by atoms with Crippen LogP contribution in [0.1, 0.15) is 30.4 Å². The Labute approximate surface area is 83.6 Å². The number of fused-ring (bicyclic) bond motifs is 1. The first-order chi connectivity index (χ1) is 6.70. The van der Waals surface area contributed by atoms with E-state index in [4.69, 9.17) is 5.11 Å². The fourth-order valence-corrected chi connectivity index (χ4v) is 2.30. The molecule has 0 saturated heterocycles. The van der Waals surface area contributed by atoms with E-state index in [2.05, 4.69) is 0 Å². The molecule has 14 heavy (non-hydrogen) atoms. The van der Waals surface area contributed by atoms with E-state index < -0.39 is 5.97 Å². The van der Waals surface area contributed by atoms with Gasteiger partial charge in [-0.15, -0.1) is 0 Å². The third-order valence-corrected chi connectivity index (χ3v) is 3.09. The second-order valence-corrected chi connectivity index (χ2v) is 4.03. The van der Waals surface area contributed by atoms with Crippen LogP contribution in [-0.4, -0.2) is 11.1 Å². The summed E-state index contributed by atoms with van der Waals surface area (Å²) in [6.07, 6.45) is 2.00. The molecule has 0 unspecified atom stereocenters.